The van der Waals surface area contributed by atoms with Gasteiger partial charge < -0.3 is 15.4 Å². The first-order valence-corrected chi connectivity index (χ1v) is 8.20. The Morgan fingerprint density at radius 1 is 1.32 bits per heavy atom. The lowest BCUT2D eigenvalue weighted by molar-refractivity contribution is -0.137. The van der Waals surface area contributed by atoms with Crippen LogP contribution in [0.15, 0.2) is 29.3 Å². The molecule has 1 aliphatic carbocycles. The highest BCUT2D eigenvalue weighted by molar-refractivity contribution is 14.0. The zero-order valence-corrected chi connectivity index (χ0v) is 16.3. The quantitative estimate of drug-likeness (QED) is 0.409. The molecule has 2 aliphatic rings. The number of nitrogens with zero attached hydrogens (tertiary/aromatic N) is 2. The molecule has 1 aromatic carbocycles. The Hall–Kier alpha value is -1.03. The lowest BCUT2D eigenvalue weighted by Crippen LogP contribution is -2.48. The van der Waals surface area contributed by atoms with Crippen LogP contribution in [0.3, 0.4) is 0 Å². The van der Waals surface area contributed by atoms with Crippen molar-refractivity contribution in [3.8, 4) is 0 Å². The highest BCUT2D eigenvalue weighted by Gasteiger charge is 2.34. The molecule has 0 radical (unpaired) electrons. The third-order valence-corrected chi connectivity index (χ3v) is 4.68. The van der Waals surface area contributed by atoms with Crippen LogP contribution in [0.1, 0.15) is 36.8 Å². The third kappa shape index (κ3) is 4.99. The van der Waals surface area contributed by atoms with Crippen LogP contribution in [0.4, 0.5) is 13.2 Å². The molecule has 1 saturated heterocycles. The fourth-order valence-corrected chi connectivity index (χ4v) is 3.23. The zero-order valence-electron chi connectivity index (χ0n) is 14.0. The van der Waals surface area contributed by atoms with E-state index >= 15 is 0 Å². The second kappa shape index (κ2) is 8.11. The minimum absolute atomic E-state index is 0. The summed E-state index contributed by atoms with van der Waals surface area (Å²) in [4.78, 5) is 6.54. The normalized spacial score (nSPS) is 27.4. The van der Waals surface area contributed by atoms with Gasteiger partial charge in [-0.2, -0.15) is 13.2 Å². The van der Waals surface area contributed by atoms with E-state index in [-0.39, 0.29) is 42.0 Å². The lowest BCUT2D eigenvalue weighted by Gasteiger charge is -2.36. The summed E-state index contributed by atoms with van der Waals surface area (Å²) in [6, 6.07) is 5.67. The van der Waals surface area contributed by atoms with E-state index in [1.807, 2.05) is 11.8 Å². The van der Waals surface area contributed by atoms with Gasteiger partial charge in [0.05, 0.1) is 24.3 Å². The molecule has 3 rings (SSSR count). The molecule has 1 atom stereocenters. The Kier molecular flexibility index (Phi) is 6.58. The van der Waals surface area contributed by atoms with E-state index in [1.54, 1.807) is 6.07 Å². The van der Waals surface area contributed by atoms with Crippen LogP contribution in [0.2, 0.25) is 0 Å². The second-order valence-electron chi connectivity index (χ2n) is 6.56. The second-order valence-corrected chi connectivity index (χ2v) is 6.56. The average Bonchev–Trinajstić information content (AvgIpc) is 2.49. The molecular formula is C17H23F3IN3O. The van der Waals surface area contributed by atoms with Crippen molar-refractivity contribution in [2.75, 3.05) is 19.7 Å². The van der Waals surface area contributed by atoms with Gasteiger partial charge in [-0.25, -0.2) is 4.99 Å². The van der Waals surface area contributed by atoms with Gasteiger partial charge in [0.25, 0.3) is 0 Å². The zero-order chi connectivity index (χ0) is 17.3. The van der Waals surface area contributed by atoms with Crippen LogP contribution in [0.5, 0.6) is 0 Å². The summed E-state index contributed by atoms with van der Waals surface area (Å²) in [5, 5.41) is 0. The van der Waals surface area contributed by atoms with Gasteiger partial charge in [0.1, 0.15) is 0 Å². The lowest BCUT2D eigenvalue weighted by atomic mass is 9.76. The van der Waals surface area contributed by atoms with Crippen LogP contribution in [0, 0.1) is 0 Å². The van der Waals surface area contributed by atoms with Gasteiger partial charge in [-0.05, 0) is 37.3 Å². The van der Waals surface area contributed by atoms with E-state index in [0.29, 0.717) is 12.6 Å². The summed E-state index contributed by atoms with van der Waals surface area (Å²) in [5.41, 5.74) is 6.20. The average molecular weight is 469 g/mol. The molecule has 1 aromatic rings. The number of ether oxygens (including phenoxy) is 1. The van der Waals surface area contributed by atoms with Gasteiger partial charge in [0.2, 0.25) is 0 Å². The van der Waals surface area contributed by atoms with Gasteiger partial charge in [0.15, 0.2) is 5.96 Å². The van der Waals surface area contributed by atoms with Crippen LogP contribution in [-0.4, -0.2) is 42.7 Å². The summed E-state index contributed by atoms with van der Waals surface area (Å²) in [5.74, 6) is 0.634. The van der Waals surface area contributed by atoms with Gasteiger partial charge in [-0.3, -0.25) is 0 Å². The number of morpholine rings is 1. The Balaban J connectivity index is 0.00000225. The first-order chi connectivity index (χ1) is 11.3. The van der Waals surface area contributed by atoms with E-state index in [0.717, 1.165) is 37.6 Å². The van der Waals surface area contributed by atoms with Crippen molar-refractivity contribution in [1.82, 2.24) is 4.90 Å². The third-order valence-electron chi connectivity index (χ3n) is 4.68. The number of halogens is 4. The SMILES string of the molecule is CC1CN(C(N)=NC2CC(c3cccc(C(F)(F)F)c3)C2)CCO1.I. The van der Waals surface area contributed by atoms with Gasteiger partial charge in [-0.1, -0.05) is 18.2 Å². The summed E-state index contributed by atoms with van der Waals surface area (Å²) in [7, 11) is 0. The van der Waals surface area contributed by atoms with Crippen LogP contribution >= 0.6 is 24.0 Å². The number of benzene rings is 1. The summed E-state index contributed by atoms with van der Waals surface area (Å²) in [6.07, 6.45) is -2.69. The van der Waals surface area contributed by atoms with Crippen molar-refractivity contribution >= 4 is 29.9 Å². The fourth-order valence-electron chi connectivity index (χ4n) is 3.23. The fraction of sp³-hybridized carbons (Fsp3) is 0.588. The number of aliphatic imine (C=N–C) groups is 1. The minimum Gasteiger partial charge on any atom is -0.375 e. The standard InChI is InChI=1S/C17H22F3N3O.HI/c1-11-10-23(5-6-24-11)16(21)22-15-8-13(9-15)12-3-2-4-14(7-12)17(18,19)20;/h2-4,7,11,13,15H,5-6,8-10H2,1H3,(H2,21,22);1H. The Morgan fingerprint density at radius 2 is 2.04 bits per heavy atom. The molecule has 0 amide bonds. The maximum absolute atomic E-state index is 12.8. The van der Waals surface area contributed by atoms with Crippen molar-refractivity contribution in [3.05, 3.63) is 35.4 Å². The highest BCUT2D eigenvalue weighted by atomic mass is 127. The van der Waals surface area contributed by atoms with E-state index in [9.17, 15) is 13.2 Å². The number of alkyl halides is 3. The molecule has 2 N–H and O–H groups in total. The van der Waals surface area contributed by atoms with Crippen molar-refractivity contribution in [3.63, 3.8) is 0 Å². The van der Waals surface area contributed by atoms with Crippen molar-refractivity contribution in [1.29, 1.82) is 0 Å². The Labute approximate surface area is 162 Å². The predicted octanol–water partition coefficient (Wildman–Crippen LogP) is 3.60. The van der Waals surface area contributed by atoms with Crippen molar-refractivity contribution in [2.45, 2.75) is 44.0 Å². The highest BCUT2D eigenvalue weighted by Crippen LogP contribution is 2.40. The van der Waals surface area contributed by atoms with Crippen molar-refractivity contribution < 1.29 is 17.9 Å². The predicted molar refractivity (Wildman–Crippen MR) is 101 cm³/mol. The van der Waals surface area contributed by atoms with E-state index in [4.69, 9.17) is 10.5 Å². The molecule has 1 heterocycles. The van der Waals surface area contributed by atoms with E-state index < -0.39 is 11.7 Å². The van der Waals surface area contributed by atoms with Gasteiger partial charge in [0, 0.05) is 13.1 Å². The van der Waals surface area contributed by atoms with Crippen LogP contribution < -0.4 is 5.73 Å². The van der Waals surface area contributed by atoms with Crippen LogP contribution in [0.25, 0.3) is 0 Å². The van der Waals surface area contributed by atoms with E-state index in [2.05, 4.69) is 4.99 Å². The maximum atomic E-state index is 12.8. The Morgan fingerprint density at radius 3 is 2.68 bits per heavy atom. The topological polar surface area (TPSA) is 50.8 Å². The van der Waals surface area contributed by atoms with Crippen molar-refractivity contribution in [2.24, 2.45) is 10.7 Å². The number of rotatable bonds is 2. The first-order valence-electron chi connectivity index (χ1n) is 8.20. The molecule has 0 bridgehead atoms. The molecule has 1 aliphatic heterocycles. The number of hydrogen-bond acceptors (Lipinski definition) is 2. The smallest absolute Gasteiger partial charge is 0.375 e. The van der Waals surface area contributed by atoms with E-state index in [1.165, 1.54) is 12.1 Å². The maximum Gasteiger partial charge on any atom is 0.416 e. The molecule has 8 heteroatoms. The molecule has 0 spiro atoms. The molecular weight excluding hydrogens is 446 g/mol. The molecule has 140 valence electrons. The summed E-state index contributed by atoms with van der Waals surface area (Å²) < 4.78 is 43.8. The van der Waals surface area contributed by atoms with Gasteiger partial charge >= 0.3 is 6.18 Å². The first kappa shape index (κ1) is 20.3. The summed E-state index contributed by atoms with van der Waals surface area (Å²) >= 11 is 0. The number of guanidine groups is 1. The summed E-state index contributed by atoms with van der Waals surface area (Å²) in [6.45, 7) is 4.07. The van der Waals surface area contributed by atoms with Crippen LogP contribution in [-0.2, 0) is 10.9 Å². The molecule has 25 heavy (non-hydrogen) atoms. The molecule has 0 aromatic heterocycles. The molecule has 1 saturated carbocycles. The monoisotopic (exact) mass is 469 g/mol. The largest absolute Gasteiger partial charge is 0.416 e. The molecule has 1 unspecified atom stereocenters. The number of hydrogen-bond donors (Lipinski definition) is 1. The minimum atomic E-state index is -4.30. The number of nitrogens with two attached hydrogens (primary N) is 1. The molecule has 4 nitrogen and oxygen atoms in total. The molecule has 2 fully saturated rings. The van der Waals surface area contributed by atoms with Gasteiger partial charge in [-0.15, -0.1) is 24.0 Å². The Bertz CT molecular complexity index is 617.